The Morgan fingerprint density at radius 1 is 0.897 bits per heavy atom. The summed E-state index contributed by atoms with van der Waals surface area (Å²) in [5.41, 5.74) is 13.8. The lowest BCUT2D eigenvalue weighted by Gasteiger charge is -2.18. The molecule has 3 rings (SSSR count). The van der Waals surface area contributed by atoms with E-state index in [-0.39, 0.29) is 11.7 Å². The molecule has 0 bridgehead atoms. The van der Waals surface area contributed by atoms with Gasteiger partial charge in [-0.25, -0.2) is 0 Å². The fourth-order valence-electron chi connectivity index (χ4n) is 3.55. The minimum atomic E-state index is -0.546. The molecule has 0 saturated carbocycles. The Bertz CT molecular complexity index is 1080. The van der Waals surface area contributed by atoms with Gasteiger partial charge in [-0.3, -0.25) is 9.59 Å². The molecule has 1 heterocycles. The van der Waals surface area contributed by atoms with E-state index in [1.165, 1.54) is 39.4 Å². The van der Waals surface area contributed by atoms with Crippen molar-refractivity contribution < 1.29 is 14.0 Å². The maximum Gasteiger partial charge on any atom is 0.291 e. The van der Waals surface area contributed by atoms with Crippen molar-refractivity contribution in [2.24, 2.45) is 5.73 Å². The van der Waals surface area contributed by atoms with Gasteiger partial charge in [0.15, 0.2) is 5.76 Å². The number of anilines is 1. The average Bonchev–Trinajstić information content (AvgIpc) is 3.17. The standard InChI is InChI=1S/C24H26N2O3/c1-13-14(2)16(4)21(17(5)15(13)3)12-20-9-10-22(29-20)24(28)26-19-8-6-7-18(11-19)23(25)27/h6-11H,12H2,1-5H3,(H2,25,27)(H,26,28). The molecule has 0 unspecified atom stereocenters. The Kier molecular flexibility index (Phi) is 5.59. The van der Waals surface area contributed by atoms with Crippen molar-refractivity contribution in [3.8, 4) is 0 Å². The van der Waals surface area contributed by atoms with Gasteiger partial charge in [-0.2, -0.15) is 0 Å². The summed E-state index contributed by atoms with van der Waals surface area (Å²) in [5.74, 6) is 0.0358. The van der Waals surface area contributed by atoms with Gasteiger partial charge in [0.05, 0.1) is 0 Å². The Balaban J connectivity index is 1.81. The third kappa shape index (κ3) is 4.09. The van der Waals surface area contributed by atoms with E-state index < -0.39 is 5.91 Å². The van der Waals surface area contributed by atoms with Crippen molar-refractivity contribution in [2.75, 3.05) is 5.32 Å². The van der Waals surface area contributed by atoms with Crippen LogP contribution in [0.25, 0.3) is 0 Å². The highest BCUT2D eigenvalue weighted by Gasteiger charge is 2.16. The minimum absolute atomic E-state index is 0.223. The first-order valence-electron chi connectivity index (χ1n) is 9.54. The molecule has 3 aromatic rings. The van der Waals surface area contributed by atoms with Crippen LogP contribution in [-0.2, 0) is 6.42 Å². The Morgan fingerprint density at radius 2 is 1.52 bits per heavy atom. The predicted molar refractivity (Wildman–Crippen MR) is 115 cm³/mol. The Labute approximate surface area is 170 Å². The first kappa shape index (κ1) is 20.4. The summed E-state index contributed by atoms with van der Waals surface area (Å²) in [7, 11) is 0. The fourth-order valence-corrected chi connectivity index (χ4v) is 3.55. The smallest absolute Gasteiger partial charge is 0.291 e. The van der Waals surface area contributed by atoms with Crippen LogP contribution in [0.15, 0.2) is 40.8 Å². The van der Waals surface area contributed by atoms with Gasteiger partial charge in [0.25, 0.3) is 5.91 Å². The second kappa shape index (κ2) is 7.95. The molecule has 3 N–H and O–H groups in total. The highest BCUT2D eigenvalue weighted by atomic mass is 16.3. The minimum Gasteiger partial charge on any atom is -0.456 e. The molecule has 5 nitrogen and oxygen atoms in total. The van der Waals surface area contributed by atoms with E-state index in [4.69, 9.17) is 10.2 Å². The van der Waals surface area contributed by atoms with Crippen LogP contribution in [0.1, 0.15) is 60.1 Å². The quantitative estimate of drug-likeness (QED) is 0.658. The largest absolute Gasteiger partial charge is 0.456 e. The van der Waals surface area contributed by atoms with Gasteiger partial charge in [0, 0.05) is 17.7 Å². The first-order chi connectivity index (χ1) is 13.7. The van der Waals surface area contributed by atoms with Gasteiger partial charge >= 0.3 is 0 Å². The van der Waals surface area contributed by atoms with E-state index >= 15 is 0 Å². The molecular formula is C24H26N2O3. The number of rotatable bonds is 5. The Morgan fingerprint density at radius 3 is 2.14 bits per heavy atom. The summed E-state index contributed by atoms with van der Waals surface area (Å²) in [5, 5.41) is 2.74. The van der Waals surface area contributed by atoms with Crippen LogP contribution in [0.4, 0.5) is 5.69 Å². The molecule has 0 radical (unpaired) electrons. The molecule has 2 aromatic carbocycles. The zero-order valence-corrected chi connectivity index (χ0v) is 17.5. The molecule has 5 heteroatoms. The molecule has 1 aromatic heterocycles. The maximum absolute atomic E-state index is 12.5. The molecule has 29 heavy (non-hydrogen) atoms. The van der Waals surface area contributed by atoms with Crippen LogP contribution in [-0.4, -0.2) is 11.8 Å². The second-order valence-electron chi connectivity index (χ2n) is 7.45. The SMILES string of the molecule is Cc1c(C)c(C)c(Cc2ccc(C(=O)Nc3cccc(C(N)=O)c3)o2)c(C)c1C. The normalized spacial score (nSPS) is 10.8. The summed E-state index contributed by atoms with van der Waals surface area (Å²) in [6, 6.07) is 9.99. The summed E-state index contributed by atoms with van der Waals surface area (Å²) >= 11 is 0. The van der Waals surface area contributed by atoms with Crippen molar-refractivity contribution in [1.82, 2.24) is 0 Å². The summed E-state index contributed by atoms with van der Waals surface area (Å²) in [4.78, 5) is 23.8. The van der Waals surface area contributed by atoms with Crippen molar-refractivity contribution in [3.63, 3.8) is 0 Å². The lowest BCUT2D eigenvalue weighted by atomic mass is 9.88. The second-order valence-corrected chi connectivity index (χ2v) is 7.45. The van der Waals surface area contributed by atoms with E-state index in [2.05, 4.69) is 39.9 Å². The molecular weight excluding hydrogens is 364 g/mol. The van der Waals surface area contributed by atoms with Gasteiger partial charge in [0.2, 0.25) is 5.91 Å². The molecule has 0 spiro atoms. The Hall–Kier alpha value is -3.34. The number of benzene rings is 2. The van der Waals surface area contributed by atoms with Gasteiger partial charge in [-0.1, -0.05) is 6.07 Å². The summed E-state index contributed by atoms with van der Waals surface area (Å²) in [6.45, 7) is 10.7. The fraction of sp³-hybridized carbons (Fsp3) is 0.250. The predicted octanol–water partition coefficient (Wildman–Crippen LogP) is 4.76. The first-order valence-corrected chi connectivity index (χ1v) is 9.54. The van der Waals surface area contributed by atoms with Crippen LogP contribution < -0.4 is 11.1 Å². The number of hydrogen-bond acceptors (Lipinski definition) is 3. The van der Waals surface area contributed by atoms with Crippen molar-refractivity contribution >= 4 is 17.5 Å². The molecule has 0 fully saturated rings. The van der Waals surface area contributed by atoms with Crippen LogP contribution >= 0.6 is 0 Å². The lowest BCUT2D eigenvalue weighted by Crippen LogP contribution is -2.14. The molecule has 150 valence electrons. The van der Waals surface area contributed by atoms with Crippen LogP contribution in [0.3, 0.4) is 0 Å². The number of carbonyl (C=O) groups is 2. The number of nitrogens with one attached hydrogen (secondary N) is 1. The molecule has 0 aliphatic rings. The third-order valence-corrected chi connectivity index (χ3v) is 5.80. The summed E-state index contributed by atoms with van der Waals surface area (Å²) in [6.07, 6.45) is 0.629. The molecule has 0 atom stereocenters. The van der Waals surface area contributed by atoms with E-state index in [9.17, 15) is 9.59 Å². The van der Waals surface area contributed by atoms with Crippen molar-refractivity contribution in [1.29, 1.82) is 0 Å². The molecule has 2 amide bonds. The average molecular weight is 390 g/mol. The highest BCUT2D eigenvalue weighted by Crippen LogP contribution is 2.28. The van der Waals surface area contributed by atoms with Crippen LogP contribution in [0, 0.1) is 34.6 Å². The van der Waals surface area contributed by atoms with E-state index in [1.54, 1.807) is 24.3 Å². The lowest BCUT2D eigenvalue weighted by molar-refractivity contribution is 0.0987. The molecule has 0 aliphatic heterocycles. The monoisotopic (exact) mass is 390 g/mol. The van der Waals surface area contributed by atoms with E-state index in [1.807, 2.05) is 6.07 Å². The number of nitrogens with two attached hydrogens (primary N) is 1. The zero-order chi connectivity index (χ0) is 21.3. The zero-order valence-electron chi connectivity index (χ0n) is 17.5. The number of furan rings is 1. The number of primary amides is 1. The highest BCUT2D eigenvalue weighted by molar-refractivity contribution is 6.03. The van der Waals surface area contributed by atoms with Crippen LogP contribution in [0.2, 0.25) is 0 Å². The van der Waals surface area contributed by atoms with Gasteiger partial charge in [0.1, 0.15) is 5.76 Å². The van der Waals surface area contributed by atoms with Crippen LogP contribution in [0.5, 0.6) is 0 Å². The van der Waals surface area contributed by atoms with Crippen molar-refractivity contribution in [2.45, 2.75) is 41.0 Å². The third-order valence-electron chi connectivity index (χ3n) is 5.80. The van der Waals surface area contributed by atoms with Crippen molar-refractivity contribution in [3.05, 3.63) is 86.9 Å². The number of carbonyl (C=O) groups excluding carboxylic acids is 2. The molecule has 0 aliphatic carbocycles. The topological polar surface area (TPSA) is 85.3 Å². The summed E-state index contributed by atoms with van der Waals surface area (Å²) < 4.78 is 5.82. The number of hydrogen-bond donors (Lipinski definition) is 2. The van der Waals surface area contributed by atoms with E-state index in [0.29, 0.717) is 17.7 Å². The van der Waals surface area contributed by atoms with Gasteiger partial charge in [-0.05, 0) is 98.3 Å². The maximum atomic E-state index is 12.5. The number of amides is 2. The van der Waals surface area contributed by atoms with Gasteiger partial charge < -0.3 is 15.5 Å². The molecule has 0 saturated heterocycles. The van der Waals surface area contributed by atoms with Gasteiger partial charge in [-0.15, -0.1) is 0 Å². The van der Waals surface area contributed by atoms with E-state index in [0.717, 1.165) is 5.76 Å².